The Morgan fingerprint density at radius 2 is 1.60 bits per heavy atom. The molecule has 0 atom stereocenters. The van der Waals surface area contributed by atoms with Crippen LogP contribution in [-0.4, -0.2) is 5.78 Å². The van der Waals surface area contributed by atoms with E-state index in [0.29, 0.717) is 5.76 Å². The molecular weight excluding hydrogens is 308 g/mol. The van der Waals surface area contributed by atoms with Crippen LogP contribution in [-0.2, 0) is 0 Å². The van der Waals surface area contributed by atoms with Crippen molar-refractivity contribution >= 4 is 33.6 Å². The third kappa shape index (κ3) is 3.15. The number of ketones is 1. The van der Waals surface area contributed by atoms with Crippen molar-refractivity contribution in [3.8, 4) is 0 Å². The lowest BCUT2D eigenvalue weighted by atomic mass is 10.1. The van der Waals surface area contributed by atoms with E-state index in [1.165, 1.54) is 6.08 Å². The summed E-state index contributed by atoms with van der Waals surface area (Å²) in [5, 5.41) is 3.20. The van der Waals surface area contributed by atoms with E-state index in [1.54, 1.807) is 6.08 Å². The third-order valence-corrected chi connectivity index (χ3v) is 4.12. The van der Waals surface area contributed by atoms with Crippen LogP contribution < -0.4 is 0 Å². The molecule has 0 aliphatic heterocycles. The van der Waals surface area contributed by atoms with Crippen molar-refractivity contribution in [3.63, 3.8) is 0 Å². The maximum Gasteiger partial charge on any atom is 0.221 e. The van der Waals surface area contributed by atoms with E-state index < -0.39 is 0 Å². The van der Waals surface area contributed by atoms with Crippen LogP contribution in [0, 0.1) is 0 Å². The summed E-state index contributed by atoms with van der Waals surface area (Å²) in [6.45, 7) is 0. The average Bonchev–Trinajstić information content (AvgIpc) is 3.11. The highest BCUT2D eigenvalue weighted by molar-refractivity contribution is 6.11. The Labute approximate surface area is 145 Å². The van der Waals surface area contributed by atoms with Gasteiger partial charge in [-0.15, -0.1) is 0 Å². The maximum absolute atomic E-state index is 12.3. The molecule has 0 N–H and O–H groups in total. The van der Waals surface area contributed by atoms with Gasteiger partial charge in [-0.3, -0.25) is 4.79 Å². The molecule has 3 aromatic carbocycles. The van der Waals surface area contributed by atoms with Crippen LogP contribution in [0.1, 0.15) is 16.1 Å². The first-order valence-electron chi connectivity index (χ1n) is 8.17. The molecule has 25 heavy (non-hydrogen) atoms. The molecule has 4 rings (SSSR count). The number of hydrogen-bond donors (Lipinski definition) is 0. The van der Waals surface area contributed by atoms with Gasteiger partial charge in [0.1, 0.15) is 5.58 Å². The fourth-order valence-electron chi connectivity index (χ4n) is 2.87. The Hall–Kier alpha value is -3.39. The van der Waals surface area contributed by atoms with Crippen LogP contribution in [0.2, 0.25) is 0 Å². The summed E-state index contributed by atoms with van der Waals surface area (Å²) in [6.07, 6.45) is 7.07. The highest BCUT2D eigenvalue weighted by atomic mass is 16.3. The SMILES string of the molecule is O=C(/C=C/C=C/c1ccccc1)c1cc2c(ccc3ccccc32)o1. The van der Waals surface area contributed by atoms with E-state index >= 15 is 0 Å². The zero-order chi connectivity index (χ0) is 17.1. The Kier molecular flexibility index (Phi) is 4.01. The molecule has 0 amide bonds. The number of fused-ring (bicyclic) bond motifs is 3. The quantitative estimate of drug-likeness (QED) is 0.260. The first kappa shape index (κ1) is 15.2. The number of benzene rings is 3. The Morgan fingerprint density at radius 3 is 2.48 bits per heavy atom. The number of hydrogen-bond acceptors (Lipinski definition) is 2. The summed E-state index contributed by atoms with van der Waals surface area (Å²) in [4.78, 5) is 12.3. The zero-order valence-corrected chi connectivity index (χ0v) is 13.6. The fraction of sp³-hybridized carbons (Fsp3) is 0. The van der Waals surface area contributed by atoms with Crippen molar-refractivity contribution in [2.75, 3.05) is 0 Å². The molecule has 1 aromatic heterocycles. The number of furan rings is 1. The standard InChI is InChI=1S/C23H16O2/c24-21(13-7-4-10-17-8-2-1-3-9-17)23-16-20-19-12-6-5-11-18(19)14-15-22(20)25-23/h1-16H/b10-4+,13-7+. The van der Waals surface area contributed by atoms with Crippen LogP contribution in [0.25, 0.3) is 27.8 Å². The Morgan fingerprint density at radius 1 is 0.800 bits per heavy atom. The van der Waals surface area contributed by atoms with Gasteiger partial charge in [0.25, 0.3) is 0 Å². The van der Waals surface area contributed by atoms with Gasteiger partial charge in [-0.05, 0) is 34.5 Å². The van der Waals surface area contributed by atoms with Gasteiger partial charge in [0.05, 0.1) is 0 Å². The number of carbonyl (C=O) groups excluding carboxylic acids is 1. The molecule has 0 spiro atoms. The summed E-state index contributed by atoms with van der Waals surface area (Å²) in [6, 6.07) is 23.8. The molecular formula is C23H16O2. The van der Waals surface area contributed by atoms with E-state index in [0.717, 1.165) is 27.3 Å². The van der Waals surface area contributed by atoms with Crippen LogP contribution >= 0.6 is 0 Å². The van der Waals surface area contributed by atoms with Gasteiger partial charge in [0, 0.05) is 5.39 Å². The molecule has 0 aliphatic rings. The summed E-state index contributed by atoms with van der Waals surface area (Å²) >= 11 is 0. The molecule has 2 heteroatoms. The smallest absolute Gasteiger partial charge is 0.221 e. The molecule has 0 saturated heterocycles. The lowest BCUT2D eigenvalue weighted by Gasteiger charge is -1.96. The van der Waals surface area contributed by atoms with Gasteiger partial charge in [0.15, 0.2) is 5.76 Å². The number of rotatable bonds is 4. The van der Waals surface area contributed by atoms with Crippen molar-refractivity contribution in [1.29, 1.82) is 0 Å². The van der Waals surface area contributed by atoms with Crippen molar-refractivity contribution in [2.24, 2.45) is 0 Å². The normalized spacial score (nSPS) is 11.8. The average molecular weight is 324 g/mol. The number of carbonyl (C=O) groups is 1. The highest BCUT2D eigenvalue weighted by Gasteiger charge is 2.11. The van der Waals surface area contributed by atoms with Crippen molar-refractivity contribution in [2.45, 2.75) is 0 Å². The molecule has 0 unspecified atom stereocenters. The Bertz CT molecular complexity index is 1100. The van der Waals surface area contributed by atoms with Crippen molar-refractivity contribution < 1.29 is 9.21 Å². The summed E-state index contributed by atoms with van der Waals surface area (Å²) in [7, 11) is 0. The van der Waals surface area contributed by atoms with Crippen molar-refractivity contribution in [1.82, 2.24) is 0 Å². The lowest BCUT2D eigenvalue weighted by Crippen LogP contribution is -1.89. The van der Waals surface area contributed by atoms with Crippen LogP contribution in [0.15, 0.2) is 95.4 Å². The van der Waals surface area contributed by atoms with E-state index in [9.17, 15) is 4.79 Å². The molecule has 2 nitrogen and oxygen atoms in total. The second-order valence-electron chi connectivity index (χ2n) is 5.80. The van der Waals surface area contributed by atoms with Crippen LogP contribution in [0.4, 0.5) is 0 Å². The van der Waals surface area contributed by atoms with E-state index in [4.69, 9.17) is 4.42 Å². The second kappa shape index (κ2) is 6.62. The van der Waals surface area contributed by atoms with E-state index in [2.05, 4.69) is 6.07 Å². The molecule has 1 heterocycles. The molecule has 0 aliphatic carbocycles. The lowest BCUT2D eigenvalue weighted by molar-refractivity contribution is 0.102. The fourth-order valence-corrected chi connectivity index (χ4v) is 2.87. The largest absolute Gasteiger partial charge is 0.453 e. The van der Waals surface area contributed by atoms with Gasteiger partial charge in [0.2, 0.25) is 5.78 Å². The van der Waals surface area contributed by atoms with Crippen LogP contribution in [0.3, 0.4) is 0 Å². The maximum atomic E-state index is 12.3. The predicted molar refractivity (Wildman–Crippen MR) is 103 cm³/mol. The molecule has 0 saturated carbocycles. The van der Waals surface area contributed by atoms with Gasteiger partial charge >= 0.3 is 0 Å². The second-order valence-corrected chi connectivity index (χ2v) is 5.80. The molecule has 0 radical (unpaired) electrons. The van der Waals surface area contributed by atoms with E-state index in [-0.39, 0.29) is 5.78 Å². The molecule has 120 valence electrons. The third-order valence-electron chi connectivity index (χ3n) is 4.12. The van der Waals surface area contributed by atoms with Crippen LogP contribution in [0.5, 0.6) is 0 Å². The van der Waals surface area contributed by atoms with Gasteiger partial charge < -0.3 is 4.42 Å². The van der Waals surface area contributed by atoms with Gasteiger partial charge in [-0.1, -0.05) is 78.9 Å². The predicted octanol–water partition coefficient (Wildman–Crippen LogP) is 6.04. The van der Waals surface area contributed by atoms with Crippen molar-refractivity contribution in [3.05, 3.63) is 102 Å². The zero-order valence-electron chi connectivity index (χ0n) is 13.6. The first-order chi connectivity index (χ1) is 12.3. The van der Waals surface area contributed by atoms with Gasteiger partial charge in [-0.25, -0.2) is 0 Å². The summed E-state index contributed by atoms with van der Waals surface area (Å²) in [5.74, 6) is 0.216. The van der Waals surface area contributed by atoms with Gasteiger partial charge in [-0.2, -0.15) is 0 Å². The summed E-state index contributed by atoms with van der Waals surface area (Å²) < 4.78 is 5.73. The minimum Gasteiger partial charge on any atom is -0.453 e. The van der Waals surface area contributed by atoms with E-state index in [1.807, 2.05) is 78.9 Å². The minimum absolute atomic E-state index is 0.141. The highest BCUT2D eigenvalue weighted by Crippen LogP contribution is 2.28. The topological polar surface area (TPSA) is 30.2 Å². The monoisotopic (exact) mass is 324 g/mol. The Balaban J connectivity index is 1.59. The summed E-state index contributed by atoms with van der Waals surface area (Å²) in [5.41, 5.74) is 1.82. The number of allylic oxidation sites excluding steroid dienone is 3. The molecule has 4 aromatic rings. The molecule has 0 fully saturated rings. The minimum atomic E-state index is -0.141. The first-order valence-corrected chi connectivity index (χ1v) is 8.17. The molecule has 0 bridgehead atoms.